The minimum absolute atomic E-state index is 0.00563. The number of nitrogens with zero attached hydrogens (tertiary/aromatic N) is 3. The highest BCUT2D eigenvalue weighted by Gasteiger charge is 2.32. The second kappa shape index (κ2) is 4.88. The lowest BCUT2D eigenvalue weighted by atomic mass is 10.0. The Labute approximate surface area is 119 Å². The van der Waals surface area contributed by atoms with E-state index < -0.39 is 0 Å². The zero-order valence-electron chi connectivity index (χ0n) is 12.6. The smallest absolute Gasteiger partial charge is 0.252 e. The monoisotopic (exact) mass is 277 g/mol. The Hall–Kier alpha value is -1.36. The van der Waals surface area contributed by atoms with Crippen LogP contribution in [0.25, 0.3) is 0 Å². The van der Waals surface area contributed by atoms with Gasteiger partial charge in [-0.15, -0.1) is 0 Å². The molecular weight excluding hydrogens is 254 g/mol. The second-order valence-corrected chi connectivity index (χ2v) is 6.71. The van der Waals surface area contributed by atoms with Crippen LogP contribution in [-0.2, 0) is 28.0 Å². The maximum absolute atomic E-state index is 12.4. The molecule has 20 heavy (non-hydrogen) atoms. The molecule has 0 spiro atoms. The fourth-order valence-electron chi connectivity index (χ4n) is 3.07. The molecule has 1 atom stereocenters. The van der Waals surface area contributed by atoms with Crippen molar-refractivity contribution in [3.8, 4) is 0 Å². The van der Waals surface area contributed by atoms with Gasteiger partial charge in [0.25, 0.3) is 5.91 Å². The van der Waals surface area contributed by atoms with E-state index in [-0.39, 0.29) is 17.6 Å². The molecule has 3 rings (SSSR count). The molecule has 1 fully saturated rings. The van der Waals surface area contributed by atoms with Crippen LogP contribution in [0.1, 0.15) is 44.9 Å². The number of carbonyl (C=O) groups excluding carboxylic acids is 1. The van der Waals surface area contributed by atoms with Crippen molar-refractivity contribution in [3.05, 3.63) is 17.5 Å². The molecular formula is C15H23N3O2. The Bertz CT molecular complexity index is 510. The molecule has 0 N–H and O–H groups in total. The number of ether oxygens (including phenoxy) is 1. The van der Waals surface area contributed by atoms with Gasteiger partial charge in [0.2, 0.25) is 0 Å². The topological polar surface area (TPSA) is 47.4 Å². The molecule has 110 valence electrons. The van der Waals surface area contributed by atoms with Gasteiger partial charge in [0.15, 0.2) is 0 Å². The van der Waals surface area contributed by atoms with Gasteiger partial charge in [0.1, 0.15) is 6.10 Å². The number of carbonyl (C=O) groups is 1. The Kier molecular flexibility index (Phi) is 3.32. The van der Waals surface area contributed by atoms with E-state index in [1.807, 2.05) is 11.1 Å². The molecule has 0 saturated carbocycles. The van der Waals surface area contributed by atoms with Crippen molar-refractivity contribution in [1.29, 1.82) is 0 Å². The third-order valence-corrected chi connectivity index (χ3v) is 4.09. The van der Waals surface area contributed by atoms with E-state index in [0.29, 0.717) is 6.54 Å². The van der Waals surface area contributed by atoms with E-state index in [0.717, 1.165) is 32.4 Å². The van der Waals surface area contributed by atoms with Crippen LogP contribution in [0.15, 0.2) is 6.20 Å². The highest BCUT2D eigenvalue weighted by atomic mass is 16.5. The van der Waals surface area contributed by atoms with Crippen LogP contribution in [0.4, 0.5) is 0 Å². The molecule has 0 aromatic carbocycles. The largest absolute Gasteiger partial charge is 0.368 e. The maximum atomic E-state index is 12.4. The van der Waals surface area contributed by atoms with Gasteiger partial charge in [-0.3, -0.25) is 9.48 Å². The fourth-order valence-corrected chi connectivity index (χ4v) is 3.07. The lowest BCUT2D eigenvalue weighted by Crippen LogP contribution is -2.42. The van der Waals surface area contributed by atoms with Crippen molar-refractivity contribution in [2.75, 3.05) is 13.2 Å². The van der Waals surface area contributed by atoms with Gasteiger partial charge < -0.3 is 9.64 Å². The molecule has 1 unspecified atom stereocenters. The Morgan fingerprint density at radius 1 is 1.45 bits per heavy atom. The number of hydrogen-bond acceptors (Lipinski definition) is 3. The van der Waals surface area contributed by atoms with Crippen LogP contribution in [0.2, 0.25) is 0 Å². The first-order valence-corrected chi connectivity index (χ1v) is 7.43. The van der Waals surface area contributed by atoms with Gasteiger partial charge in [-0.2, -0.15) is 5.10 Å². The highest BCUT2D eigenvalue weighted by Crippen LogP contribution is 2.25. The van der Waals surface area contributed by atoms with Gasteiger partial charge in [-0.25, -0.2) is 0 Å². The molecule has 3 heterocycles. The summed E-state index contributed by atoms with van der Waals surface area (Å²) in [6.45, 7) is 8.63. The van der Waals surface area contributed by atoms with E-state index in [1.54, 1.807) is 0 Å². The zero-order chi connectivity index (χ0) is 14.3. The van der Waals surface area contributed by atoms with E-state index in [2.05, 4.69) is 30.6 Å². The molecule has 5 heteroatoms. The first-order valence-electron chi connectivity index (χ1n) is 7.43. The van der Waals surface area contributed by atoms with Crippen LogP contribution in [0.3, 0.4) is 0 Å². The number of rotatable bonds is 1. The summed E-state index contributed by atoms with van der Waals surface area (Å²) < 4.78 is 7.60. The van der Waals surface area contributed by atoms with Gasteiger partial charge in [0, 0.05) is 37.4 Å². The molecule has 2 aliphatic rings. The van der Waals surface area contributed by atoms with Crippen molar-refractivity contribution in [2.24, 2.45) is 0 Å². The lowest BCUT2D eigenvalue weighted by Gasteiger charge is -2.31. The molecule has 0 bridgehead atoms. The first kappa shape index (κ1) is 13.6. The normalized spacial score (nSPS) is 22.9. The van der Waals surface area contributed by atoms with E-state index in [4.69, 9.17) is 4.74 Å². The van der Waals surface area contributed by atoms with Crippen molar-refractivity contribution in [3.63, 3.8) is 0 Å². The summed E-state index contributed by atoms with van der Waals surface area (Å²) in [5, 5.41) is 4.51. The first-order chi connectivity index (χ1) is 9.47. The van der Waals surface area contributed by atoms with Crippen LogP contribution in [0.5, 0.6) is 0 Å². The molecule has 0 radical (unpaired) electrons. The van der Waals surface area contributed by atoms with E-state index in [1.165, 1.54) is 11.3 Å². The molecule has 5 nitrogen and oxygen atoms in total. The fraction of sp³-hybridized carbons (Fsp3) is 0.733. The summed E-state index contributed by atoms with van der Waals surface area (Å²) in [5.74, 6) is 0.150. The predicted molar refractivity (Wildman–Crippen MR) is 75.3 cm³/mol. The number of amides is 1. The van der Waals surface area contributed by atoms with E-state index >= 15 is 0 Å². The SMILES string of the molecule is CC(C)(C)n1ncc2c1CCN(C(=O)C1CCCO1)C2. The van der Waals surface area contributed by atoms with Crippen LogP contribution < -0.4 is 0 Å². The van der Waals surface area contributed by atoms with Gasteiger partial charge in [-0.1, -0.05) is 0 Å². The minimum Gasteiger partial charge on any atom is -0.368 e. The van der Waals surface area contributed by atoms with Crippen molar-refractivity contribution >= 4 is 5.91 Å². The van der Waals surface area contributed by atoms with Gasteiger partial charge >= 0.3 is 0 Å². The average molecular weight is 277 g/mol. The highest BCUT2D eigenvalue weighted by molar-refractivity contribution is 5.81. The third-order valence-electron chi connectivity index (χ3n) is 4.09. The number of hydrogen-bond donors (Lipinski definition) is 0. The molecule has 2 aliphatic heterocycles. The summed E-state index contributed by atoms with van der Waals surface area (Å²) in [6, 6.07) is 0. The Balaban J connectivity index is 1.76. The molecule has 0 aliphatic carbocycles. The Morgan fingerprint density at radius 3 is 2.90 bits per heavy atom. The summed E-state index contributed by atoms with van der Waals surface area (Å²) in [6.07, 6.45) is 4.44. The zero-order valence-corrected chi connectivity index (χ0v) is 12.6. The maximum Gasteiger partial charge on any atom is 0.252 e. The van der Waals surface area contributed by atoms with Crippen LogP contribution in [-0.4, -0.2) is 39.8 Å². The lowest BCUT2D eigenvalue weighted by molar-refractivity contribution is -0.141. The molecule has 1 amide bonds. The Morgan fingerprint density at radius 2 is 2.25 bits per heavy atom. The summed E-state index contributed by atoms with van der Waals surface area (Å²) >= 11 is 0. The van der Waals surface area contributed by atoms with Crippen molar-refractivity contribution in [2.45, 2.75) is 58.2 Å². The van der Waals surface area contributed by atoms with Gasteiger partial charge in [-0.05, 0) is 33.6 Å². The van der Waals surface area contributed by atoms with Crippen molar-refractivity contribution < 1.29 is 9.53 Å². The summed E-state index contributed by atoms with van der Waals surface area (Å²) in [4.78, 5) is 14.3. The minimum atomic E-state index is -0.214. The van der Waals surface area contributed by atoms with Crippen molar-refractivity contribution in [1.82, 2.24) is 14.7 Å². The molecule has 1 saturated heterocycles. The quantitative estimate of drug-likeness (QED) is 0.785. The second-order valence-electron chi connectivity index (χ2n) is 6.71. The third kappa shape index (κ3) is 2.35. The van der Waals surface area contributed by atoms with Crippen LogP contribution in [0, 0.1) is 0 Å². The van der Waals surface area contributed by atoms with Crippen LogP contribution >= 0.6 is 0 Å². The number of fused-ring (bicyclic) bond motifs is 1. The average Bonchev–Trinajstić information content (AvgIpc) is 3.05. The summed E-state index contributed by atoms with van der Waals surface area (Å²) in [5.41, 5.74) is 2.44. The predicted octanol–water partition coefficient (Wildman–Crippen LogP) is 1.70. The summed E-state index contributed by atoms with van der Waals surface area (Å²) in [7, 11) is 0. The molecule has 1 aromatic heterocycles. The van der Waals surface area contributed by atoms with E-state index in [9.17, 15) is 4.79 Å². The molecule has 1 aromatic rings. The van der Waals surface area contributed by atoms with Gasteiger partial charge in [0.05, 0.1) is 11.7 Å². The number of aromatic nitrogens is 2. The standard InChI is InChI=1S/C15H23N3O2/c1-15(2,3)18-12-6-7-17(10-11(12)9-16-18)14(19)13-5-4-8-20-13/h9,13H,4-8,10H2,1-3H3.